The lowest BCUT2D eigenvalue weighted by molar-refractivity contribution is 0.0248. The summed E-state index contributed by atoms with van der Waals surface area (Å²) in [6.45, 7) is 0.923. The van der Waals surface area contributed by atoms with Crippen molar-refractivity contribution in [1.29, 1.82) is 0 Å². The van der Waals surface area contributed by atoms with E-state index in [-0.39, 0.29) is 6.03 Å². The first-order chi connectivity index (χ1) is 12.0. The molecule has 3 N–H and O–H groups in total. The number of carbonyl (C=O) groups is 1. The summed E-state index contributed by atoms with van der Waals surface area (Å²) in [5, 5.41) is 14.4. The molecule has 0 spiro atoms. The zero-order chi connectivity index (χ0) is 17.9. The number of urea groups is 1. The smallest absolute Gasteiger partial charge is 0.317 e. The fourth-order valence-corrected chi connectivity index (χ4v) is 3.73. The van der Waals surface area contributed by atoms with Crippen molar-refractivity contribution in [3.05, 3.63) is 30.0 Å². The number of aromatic nitrogens is 1. The summed E-state index contributed by atoms with van der Waals surface area (Å²) < 4.78 is 5.43. The molecule has 6 heteroatoms. The van der Waals surface area contributed by atoms with Crippen molar-refractivity contribution in [3.63, 3.8) is 0 Å². The fourth-order valence-electron chi connectivity index (χ4n) is 3.73. The molecule has 1 aliphatic rings. The van der Waals surface area contributed by atoms with E-state index in [0.29, 0.717) is 19.5 Å². The second-order valence-corrected chi connectivity index (χ2v) is 6.97. The third kappa shape index (κ3) is 3.90. The van der Waals surface area contributed by atoms with Gasteiger partial charge in [0, 0.05) is 30.7 Å². The van der Waals surface area contributed by atoms with Crippen molar-refractivity contribution in [1.82, 2.24) is 15.2 Å². The maximum absolute atomic E-state index is 12.3. The average molecular weight is 345 g/mol. The number of hydrogen-bond acceptors (Lipinski definition) is 3. The van der Waals surface area contributed by atoms with Crippen LogP contribution in [0.1, 0.15) is 31.2 Å². The topological polar surface area (TPSA) is 77.6 Å². The van der Waals surface area contributed by atoms with Crippen LogP contribution in [0.2, 0.25) is 0 Å². The molecule has 0 radical (unpaired) electrons. The number of carbonyl (C=O) groups excluding carboxylic acids is 1. The number of ether oxygens (including phenoxy) is 1. The first kappa shape index (κ1) is 17.6. The number of H-pyrrole nitrogens is 1. The van der Waals surface area contributed by atoms with Crippen LogP contribution < -0.4 is 10.1 Å². The zero-order valence-corrected chi connectivity index (χ0v) is 15.0. The van der Waals surface area contributed by atoms with E-state index in [1.165, 1.54) is 0 Å². The largest absolute Gasteiger partial charge is 0.496 e. The van der Waals surface area contributed by atoms with Crippen LogP contribution in [0, 0.1) is 0 Å². The Morgan fingerprint density at radius 3 is 2.88 bits per heavy atom. The molecule has 2 amide bonds. The molecule has 0 bridgehead atoms. The molecule has 1 aromatic carbocycles. The molecule has 2 aromatic rings. The van der Waals surface area contributed by atoms with Gasteiger partial charge in [0.2, 0.25) is 0 Å². The minimum Gasteiger partial charge on any atom is -0.496 e. The van der Waals surface area contributed by atoms with Gasteiger partial charge in [0.05, 0.1) is 19.3 Å². The van der Waals surface area contributed by atoms with Gasteiger partial charge >= 0.3 is 6.03 Å². The number of fused-ring (bicyclic) bond motifs is 1. The summed E-state index contributed by atoms with van der Waals surface area (Å²) in [5.74, 6) is 0.834. The van der Waals surface area contributed by atoms with Crippen LogP contribution in [0.15, 0.2) is 24.4 Å². The summed E-state index contributed by atoms with van der Waals surface area (Å²) in [5.41, 5.74) is 1.43. The number of likely N-dealkylation sites (N-methyl/N-ethyl adjacent to an activating group) is 1. The van der Waals surface area contributed by atoms with Gasteiger partial charge in [-0.2, -0.15) is 0 Å². The van der Waals surface area contributed by atoms with E-state index in [2.05, 4.69) is 10.3 Å². The summed E-state index contributed by atoms with van der Waals surface area (Å²) in [6, 6.07) is 5.75. The monoisotopic (exact) mass is 345 g/mol. The second kappa shape index (κ2) is 7.35. The number of nitrogens with zero attached hydrogens (tertiary/aromatic N) is 1. The van der Waals surface area contributed by atoms with Crippen LogP contribution in [-0.2, 0) is 6.42 Å². The lowest BCUT2D eigenvalue weighted by Crippen LogP contribution is -2.46. The highest BCUT2D eigenvalue weighted by molar-refractivity contribution is 5.89. The molecule has 3 rings (SSSR count). The first-order valence-electron chi connectivity index (χ1n) is 8.87. The average Bonchev–Trinajstić information content (AvgIpc) is 3.21. The highest BCUT2D eigenvalue weighted by Gasteiger charge is 2.33. The molecule has 1 heterocycles. The normalized spacial score (nSPS) is 16.1. The summed E-state index contributed by atoms with van der Waals surface area (Å²) in [4.78, 5) is 17.1. The molecule has 1 aromatic heterocycles. The van der Waals surface area contributed by atoms with Crippen molar-refractivity contribution in [2.45, 2.75) is 37.7 Å². The summed E-state index contributed by atoms with van der Waals surface area (Å²) in [7, 11) is 3.40. The molecule has 1 aliphatic carbocycles. The molecule has 6 nitrogen and oxygen atoms in total. The first-order valence-corrected chi connectivity index (χ1v) is 8.87. The van der Waals surface area contributed by atoms with Crippen molar-refractivity contribution < 1.29 is 14.6 Å². The van der Waals surface area contributed by atoms with Crippen LogP contribution in [0.4, 0.5) is 4.79 Å². The molecule has 25 heavy (non-hydrogen) atoms. The van der Waals surface area contributed by atoms with Crippen LogP contribution in [0.25, 0.3) is 10.9 Å². The van der Waals surface area contributed by atoms with E-state index >= 15 is 0 Å². The minimum absolute atomic E-state index is 0.146. The van der Waals surface area contributed by atoms with Crippen LogP contribution in [-0.4, -0.2) is 53.9 Å². The Hall–Kier alpha value is -2.21. The Labute approximate surface area is 148 Å². The van der Waals surface area contributed by atoms with Crippen LogP contribution in [0.3, 0.4) is 0 Å². The van der Waals surface area contributed by atoms with E-state index in [9.17, 15) is 9.90 Å². The van der Waals surface area contributed by atoms with Crippen molar-refractivity contribution in [2.24, 2.45) is 0 Å². The lowest BCUT2D eigenvalue weighted by atomic mass is 10.0. The van der Waals surface area contributed by atoms with Crippen LogP contribution >= 0.6 is 0 Å². The number of benzene rings is 1. The molecule has 0 atom stereocenters. The van der Waals surface area contributed by atoms with E-state index in [1.54, 1.807) is 19.1 Å². The number of methoxy groups -OCH3 is 1. The van der Waals surface area contributed by atoms with Gasteiger partial charge in [0.15, 0.2) is 0 Å². The van der Waals surface area contributed by atoms with E-state index in [1.807, 2.05) is 24.4 Å². The molecule has 0 saturated heterocycles. The number of amides is 2. The quantitative estimate of drug-likeness (QED) is 0.753. The Bertz CT molecular complexity index is 735. The highest BCUT2D eigenvalue weighted by Crippen LogP contribution is 2.30. The summed E-state index contributed by atoms with van der Waals surface area (Å²) in [6.07, 6.45) is 6.30. The van der Waals surface area contributed by atoms with Crippen molar-refractivity contribution in [2.75, 3.05) is 27.2 Å². The molecule has 1 fully saturated rings. The Balaban J connectivity index is 1.55. The van der Waals surface area contributed by atoms with Gasteiger partial charge in [-0.3, -0.25) is 0 Å². The zero-order valence-electron chi connectivity index (χ0n) is 15.0. The third-order valence-electron chi connectivity index (χ3n) is 5.05. The van der Waals surface area contributed by atoms with E-state index < -0.39 is 5.60 Å². The maximum atomic E-state index is 12.3. The number of hydrogen-bond donors (Lipinski definition) is 3. The second-order valence-electron chi connectivity index (χ2n) is 6.97. The van der Waals surface area contributed by atoms with E-state index in [0.717, 1.165) is 47.9 Å². The predicted octanol–water partition coefficient (Wildman–Crippen LogP) is 2.67. The maximum Gasteiger partial charge on any atom is 0.317 e. The molecular formula is C19H27N3O3. The molecule has 0 aliphatic heterocycles. The Morgan fingerprint density at radius 1 is 1.40 bits per heavy atom. The Morgan fingerprint density at radius 2 is 2.16 bits per heavy atom. The highest BCUT2D eigenvalue weighted by atomic mass is 16.5. The SMILES string of the molecule is COc1cccc2[nH]cc(CCNC(=O)N(C)CC3(O)CCCC3)c12. The van der Waals surface area contributed by atoms with Gasteiger partial charge in [0.1, 0.15) is 5.75 Å². The predicted molar refractivity (Wildman–Crippen MR) is 98.0 cm³/mol. The molecule has 0 unspecified atom stereocenters. The molecule has 136 valence electrons. The van der Waals surface area contributed by atoms with Crippen molar-refractivity contribution in [3.8, 4) is 5.75 Å². The standard InChI is InChI=1S/C19H27N3O3/c1-22(13-19(24)9-3-4-10-19)18(23)20-11-8-14-12-21-15-6-5-7-16(25-2)17(14)15/h5-7,12,21,24H,3-4,8-11,13H2,1-2H3,(H,20,23). The van der Waals surface area contributed by atoms with Gasteiger partial charge in [-0.15, -0.1) is 0 Å². The fraction of sp³-hybridized carbons (Fsp3) is 0.526. The van der Waals surface area contributed by atoms with Gasteiger partial charge in [0.25, 0.3) is 0 Å². The molecular weight excluding hydrogens is 318 g/mol. The van der Waals surface area contributed by atoms with Crippen molar-refractivity contribution >= 4 is 16.9 Å². The van der Waals surface area contributed by atoms with Gasteiger partial charge < -0.3 is 25.0 Å². The minimum atomic E-state index is -0.712. The number of nitrogens with one attached hydrogen (secondary N) is 2. The Kier molecular flexibility index (Phi) is 5.18. The van der Waals surface area contributed by atoms with Gasteiger partial charge in [-0.25, -0.2) is 4.79 Å². The number of aromatic amines is 1. The van der Waals surface area contributed by atoms with Crippen LogP contribution in [0.5, 0.6) is 5.75 Å². The third-order valence-corrected chi connectivity index (χ3v) is 5.05. The number of rotatable bonds is 6. The lowest BCUT2D eigenvalue weighted by Gasteiger charge is -2.28. The summed E-state index contributed by atoms with van der Waals surface area (Å²) >= 11 is 0. The van der Waals surface area contributed by atoms with Gasteiger partial charge in [-0.1, -0.05) is 18.9 Å². The van der Waals surface area contributed by atoms with Gasteiger partial charge in [-0.05, 0) is 37.0 Å². The molecule has 1 saturated carbocycles. The number of aliphatic hydroxyl groups is 1. The van der Waals surface area contributed by atoms with E-state index in [4.69, 9.17) is 4.74 Å².